The molecule has 0 radical (unpaired) electrons. The van der Waals surface area contributed by atoms with Crippen LogP contribution in [0.25, 0.3) is 0 Å². The van der Waals surface area contributed by atoms with E-state index >= 15 is 0 Å². The van der Waals surface area contributed by atoms with Gasteiger partial charge in [-0.05, 0) is 25.2 Å². The molecule has 0 aliphatic carbocycles. The number of hydrogen-bond acceptors (Lipinski definition) is 5. The topological polar surface area (TPSA) is 83.2 Å². The third kappa shape index (κ3) is 3.57. The van der Waals surface area contributed by atoms with Gasteiger partial charge in [-0.3, -0.25) is 4.79 Å². The van der Waals surface area contributed by atoms with E-state index in [9.17, 15) is 4.79 Å². The zero-order valence-electron chi connectivity index (χ0n) is 12.6. The maximum Gasteiger partial charge on any atom is 0.230 e. The number of nitrogens with zero attached hydrogens (tertiary/aromatic N) is 4. The number of nitriles is 1. The van der Waals surface area contributed by atoms with Gasteiger partial charge < -0.3 is 19.5 Å². The van der Waals surface area contributed by atoms with Crippen LogP contribution in [0, 0.1) is 23.3 Å². The Morgan fingerprint density at radius 2 is 2.27 bits per heavy atom. The first-order valence-corrected chi connectivity index (χ1v) is 7.79. The van der Waals surface area contributed by atoms with Crippen molar-refractivity contribution >= 4 is 11.7 Å². The quantitative estimate of drug-likeness (QED) is 0.841. The van der Waals surface area contributed by atoms with Gasteiger partial charge in [-0.1, -0.05) is 0 Å². The molecule has 1 aromatic rings. The molecular formula is C15H21N5O2. The van der Waals surface area contributed by atoms with Gasteiger partial charge in [-0.15, -0.1) is 0 Å². The van der Waals surface area contributed by atoms with E-state index in [1.807, 2.05) is 10.8 Å². The number of likely N-dealkylation sites (tertiary alicyclic amines) is 1. The molecule has 0 spiro atoms. The number of rotatable bonds is 4. The van der Waals surface area contributed by atoms with Crippen LogP contribution in [0.3, 0.4) is 0 Å². The van der Waals surface area contributed by atoms with E-state index in [4.69, 9.17) is 10.00 Å². The Kier molecular flexibility index (Phi) is 4.59. The smallest absolute Gasteiger partial charge is 0.230 e. The van der Waals surface area contributed by atoms with E-state index < -0.39 is 0 Å². The minimum atomic E-state index is -0.125. The maximum atomic E-state index is 12.2. The highest BCUT2D eigenvalue weighted by Crippen LogP contribution is 2.19. The molecule has 2 aliphatic heterocycles. The zero-order chi connectivity index (χ0) is 15.4. The molecule has 3 rings (SSSR count). The van der Waals surface area contributed by atoms with E-state index in [1.165, 1.54) is 0 Å². The van der Waals surface area contributed by atoms with E-state index in [1.54, 1.807) is 11.2 Å². The van der Waals surface area contributed by atoms with Crippen LogP contribution in [0.15, 0.2) is 12.5 Å². The van der Waals surface area contributed by atoms with E-state index in [-0.39, 0.29) is 11.8 Å². The third-order valence-electron chi connectivity index (χ3n) is 4.39. The van der Waals surface area contributed by atoms with Crippen LogP contribution in [0.2, 0.25) is 0 Å². The number of nitrogens with one attached hydrogen (secondary N) is 1. The number of carbonyl (C=O) groups is 1. The summed E-state index contributed by atoms with van der Waals surface area (Å²) in [5.41, 5.74) is 0. The van der Waals surface area contributed by atoms with Crippen molar-refractivity contribution in [1.29, 1.82) is 5.26 Å². The average Bonchev–Trinajstić information content (AvgIpc) is 3.17. The molecular weight excluding hydrogens is 282 g/mol. The fourth-order valence-electron chi connectivity index (χ4n) is 3.05. The van der Waals surface area contributed by atoms with Crippen LogP contribution in [0.4, 0.5) is 5.82 Å². The molecule has 2 saturated heterocycles. The van der Waals surface area contributed by atoms with Crippen LogP contribution < -0.4 is 5.32 Å². The highest BCUT2D eigenvalue weighted by Gasteiger charge is 2.28. The first-order chi connectivity index (χ1) is 10.7. The summed E-state index contributed by atoms with van der Waals surface area (Å²) in [6.07, 6.45) is 8.61. The highest BCUT2D eigenvalue weighted by atomic mass is 16.5. The first kappa shape index (κ1) is 14.9. The molecule has 0 saturated carbocycles. The van der Waals surface area contributed by atoms with Crippen molar-refractivity contribution in [3.05, 3.63) is 12.5 Å². The van der Waals surface area contributed by atoms with Crippen molar-refractivity contribution in [2.75, 3.05) is 31.6 Å². The molecule has 1 atom stereocenters. The van der Waals surface area contributed by atoms with E-state index in [2.05, 4.69) is 16.5 Å². The SMILES string of the molecule is N#CN1CC[C@H](C(=O)Nc2cn(CC3CCOCC3)cn2)C1. The third-order valence-corrected chi connectivity index (χ3v) is 4.39. The van der Waals surface area contributed by atoms with Crippen LogP contribution in [0.5, 0.6) is 0 Å². The van der Waals surface area contributed by atoms with E-state index in [0.29, 0.717) is 24.8 Å². The number of anilines is 1. The summed E-state index contributed by atoms with van der Waals surface area (Å²) in [5, 5.41) is 11.7. The lowest BCUT2D eigenvalue weighted by Crippen LogP contribution is -2.25. The number of imidazole rings is 1. The predicted molar refractivity (Wildman–Crippen MR) is 79.7 cm³/mol. The fourth-order valence-corrected chi connectivity index (χ4v) is 3.05. The van der Waals surface area contributed by atoms with Gasteiger partial charge in [0.1, 0.15) is 0 Å². The van der Waals surface area contributed by atoms with Gasteiger partial charge in [0.05, 0.1) is 12.2 Å². The number of aromatic nitrogens is 2. The van der Waals surface area contributed by atoms with Gasteiger partial charge in [0.25, 0.3) is 0 Å². The average molecular weight is 303 g/mol. The lowest BCUT2D eigenvalue weighted by Gasteiger charge is -2.21. The molecule has 22 heavy (non-hydrogen) atoms. The number of carbonyl (C=O) groups excluding carboxylic acids is 1. The van der Waals surface area contributed by atoms with Gasteiger partial charge in [0.15, 0.2) is 12.0 Å². The molecule has 0 aromatic carbocycles. The Labute approximate surface area is 129 Å². The second-order valence-corrected chi connectivity index (χ2v) is 6.03. The van der Waals surface area contributed by atoms with Crippen molar-refractivity contribution in [1.82, 2.24) is 14.5 Å². The Morgan fingerprint density at radius 1 is 1.45 bits per heavy atom. The molecule has 1 aromatic heterocycles. The van der Waals surface area contributed by atoms with Crippen molar-refractivity contribution < 1.29 is 9.53 Å². The molecule has 7 nitrogen and oxygen atoms in total. The number of amides is 1. The summed E-state index contributed by atoms with van der Waals surface area (Å²) in [7, 11) is 0. The lowest BCUT2D eigenvalue weighted by molar-refractivity contribution is -0.119. The first-order valence-electron chi connectivity index (χ1n) is 7.79. The maximum absolute atomic E-state index is 12.2. The van der Waals surface area contributed by atoms with Crippen LogP contribution in [-0.4, -0.2) is 46.7 Å². The predicted octanol–water partition coefficient (Wildman–Crippen LogP) is 1.05. The van der Waals surface area contributed by atoms with E-state index in [0.717, 1.165) is 39.0 Å². The Balaban J connectivity index is 1.51. The summed E-state index contributed by atoms with van der Waals surface area (Å²) in [6.45, 7) is 3.75. The Morgan fingerprint density at radius 3 is 3.00 bits per heavy atom. The fraction of sp³-hybridized carbons (Fsp3) is 0.667. The monoisotopic (exact) mass is 303 g/mol. The molecule has 2 aliphatic rings. The largest absolute Gasteiger partial charge is 0.381 e. The highest BCUT2D eigenvalue weighted by molar-refractivity contribution is 5.91. The summed E-state index contributed by atoms with van der Waals surface area (Å²) in [4.78, 5) is 18.0. The molecule has 3 heterocycles. The molecule has 0 bridgehead atoms. The molecule has 2 fully saturated rings. The van der Waals surface area contributed by atoms with Crippen LogP contribution in [-0.2, 0) is 16.1 Å². The summed E-state index contributed by atoms with van der Waals surface area (Å²) < 4.78 is 7.39. The Bertz CT molecular complexity index is 559. The van der Waals surface area contributed by atoms with Crippen molar-refractivity contribution in [2.45, 2.75) is 25.8 Å². The van der Waals surface area contributed by atoms with Gasteiger partial charge in [0, 0.05) is 39.0 Å². The second kappa shape index (κ2) is 6.79. The second-order valence-electron chi connectivity index (χ2n) is 6.03. The summed E-state index contributed by atoms with van der Waals surface area (Å²) in [5.74, 6) is 1.03. The molecule has 1 N–H and O–H groups in total. The number of hydrogen-bond donors (Lipinski definition) is 1. The molecule has 7 heteroatoms. The van der Waals surface area contributed by atoms with Crippen molar-refractivity contribution in [2.24, 2.45) is 11.8 Å². The van der Waals surface area contributed by atoms with Gasteiger partial charge in [0.2, 0.25) is 5.91 Å². The van der Waals surface area contributed by atoms with Gasteiger partial charge in [-0.25, -0.2) is 4.98 Å². The number of ether oxygens (including phenoxy) is 1. The summed E-state index contributed by atoms with van der Waals surface area (Å²) in [6, 6.07) is 0. The van der Waals surface area contributed by atoms with Crippen molar-refractivity contribution in [3.63, 3.8) is 0 Å². The molecule has 1 amide bonds. The summed E-state index contributed by atoms with van der Waals surface area (Å²) >= 11 is 0. The van der Waals surface area contributed by atoms with Gasteiger partial charge >= 0.3 is 0 Å². The molecule has 0 unspecified atom stereocenters. The minimum absolute atomic E-state index is 0.0472. The van der Waals surface area contributed by atoms with Crippen LogP contribution in [0.1, 0.15) is 19.3 Å². The standard InChI is InChI=1S/C15H21N5O2/c16-10-19-4-1-13(8-19)15(21)18-14-9-20(11-17-14)7-12-2-5-22-6-3-12/h9,11-13H,1-8H2,(H,18,21)/t13-/m0/s1. The molecule has 118 valence electrons. The lowest BCUT2D eigenvalue weighted by atomic mass is 10.0. The Hall–Kier alpha value is -2.07. The zero-order valence-corrected chi connectivity index (χ0v) is 12.6. The van der Waals surface area contributed by atoms with Crippen molar-refractivity contribution in [3.8, 4) is 6.19 Å². The van der Waals surface area contributed by atoms with Gasteiger partial charge in [-0.2, -0.15) is 5.26 Å². The minimum Gasteiger partial charge on any atom is -0.381 e. The normalized spacial score (nSPS) is 22.5. The van der Waals surface area contributed by atoms with Crippen LogP contribution >= 0.6 is 0 Å².